The molecule has 112 valence electrons. The van der Waals surface area contributed by atoms with Crippen LogP contribution in [-0.4, -0.2) is 26.2 Å². The van der Waals surface area contributed by atoms with Gasteiger partial charge in [-0.3, -0.25) is 0 Å². The summed E-state index contributed by atoms with van der Waals surface area (Å²) in [6.45, 7) is 0. The molecule has 0 aliphatic heterocycles. The van der Waals surface area contributed by atoms with E-state index < -0.39 is 20.6 Å². The molecule has 1 aliphatic carbocycles. The van der Waals surface area contributed by atoms with E-state index in [9.17, 15) is 13.2 Å². The van der Waals surface area contributed by atoms with Gasteiger partial charge in [-0.1, -0.05) is 48.5 Å². The fraction of sp³-hybridized carbons (Fsp3) is 0.118. The maximum atomic E-state index is 12.9. The first kappa shape index (κ1) is 14.5. The largest absolute Gasteiger partial charge is 0.467 e. The van der Waals surface area contributed by atoms with Crippen LogP contribution < -0.4 is 0 Å². The van der Waals surface area contributed by atoms with Crippen LogP contribution in [0.3, 0.4) is 0 Å². The summed E-state index contributed by atoms with van der Waals surface area (Å²) in [5.41, 5.74) is 1.16. The maximum Gasteiger partial charge on any atom is 0.336 e. The van der Waals surface area contributed by atoms with E-state index in [1.165, 1.54) is 25.3 Å². The molecule has 1 atom stereocenters. The summed E-state index contributed by atoms with van der Waals surface area (Å²) in [4.78, 5) is 12.3. The second-order valence-corrected chi connectivity index (χ2v) is 7.09. The summed E-state index contributed by atoms with van der Waals surface area (Å²) in [6.07, 6.45) is 1.45. The van der Waals surface area contributed by atoms with Crippen molar-refractivity contribution in [1.82, 2.24) is 0 Å². The second kappa shape index (κ2) is 5.10. The average Bonchev–Trinajstić information content (AvgIpc) is 3.33. The Bertz CT molecular complexity index is 839. The number of benzene rings is 2. The molecule has 0 saturated heterocycles. The van der Waals surface area contributed by atoms with Gasteiger partial charge in [0.15, 0.2) is 0 Å². The Hall–Kier alpha value is -2.40. The lowest BCUT2D eigenvalue weighted by atomic mass is 10.1. The molecular weight excluding hydrogens is 300 g/mol. The lowest BCUT2D eigenvalue weighted by molar-refractivity contribution is -0.140. The first-order chi connectivity index (χ1) is 10.5. The molecule has 0 bridgehead atoms. The van der Waals surface area contributed by atoms with Gasteiger partial charge in [-0.2, -0.15) is 0 Å². The smallest absolute Gasteiger partial charge is 0.336 e. The predicted molar refractivity (Wildman–Crippen MR) is 82.8 cm³/mol. The standard InChI is InChI=1S/C17H14O4S/c1-21-16(18)17(12-15(17)13-8-4-2-5-9-13)22(19,20)14-10-6-3-7-11-14/h2-12H,1H3. The maximum absolute atomic E-state index is 12.9. The van der Waals surface area contributed by atoms with Crippen molar-refractivity contribution in [2.75, 3.05) is 7.11 Å². The number of esters is 1. The third-order valence-corrected chi connectivity index (χ3v) is 5.96. The van der Waals surface area contributed by atoms with Crippen molar-refractivity contribution in [3.8, 4) is 0 Å². The van der Waals surface area contributed by atoms with Crippen molar-refractivity contribution in [3.63, 3.8) is 0 Å². The fourth-order valence-electron chi connectivity index (χ4n) is 2.52. The molecule has 0 heterocycles. The van der Waals surface area contributed by atoms with E-state index in [4.69, 9.17) is 4.74 Å². The number of rotatable bonds is 4. The Morgan fingerprint density at radius 3 is 2.05 bits per heavy atom. The van der Waals surface area contributed by atoms with Crippen LogP contribution in [0.15, 0.2) is 71.6 Å². The molecule has 1 unspecified atom stereocenters. The highest BCUT2D eigenvalue weighted by Crippen LogP contribution is 2.52. The van der Waals surface area contributed by atoms with Crippen LogP contribution in [0.25, 0.3) is 5.57 Å². The highest BCUT2D eigenvalue weighted by Gasteiger charge is 2.63. The molecule has 22 heavy (non-hydrogen) atoms. The van der Waals surface area contributed by atoms with Crippen molar-refractivity contribution in [2.24, 2.45) is 0 Å². The molecule has 0 fully saturated rings. The zero-order valence-electron chi connectivity index (χ0n) is 11.9. The Balaban J connectivity index is 2.10. The number of methoxy groups -OCH3 is 1. The number of carbonyl (C=O) groups excluding carboxylic acids is 1. The summed E-state index contributed by atoms with van der Waals surface area (Å²) in [5, 5.41) is 0. The van der Waals surface area contributed by atoms with Crippen LogP contribution in [0.4, 0.5) is 0 Å². The minimum absolute atomic E-state index is 0.0996. The number of hydrogen-bond donors (Lipinski definition) is 0. The SMILES string of the molecule is COC(=O)C1(S(=O)(=O)c2ccccc2)C=C1c1ccccc1. The highest BCUT2D eigenvalue weighted by atomic mass is 32.2. The summed E-state index contributed by atoms with van der Waals surface area (Å²) in [6, 6.07) is 16.9. The van der Waals surface area contributed by atoms with E-state index in [2.05, 4.69) is 0 Å². The Morgan fingerprint density at radius 1 is 0.955 bits per heavy atom. The van der Waals surface area contributed by atoms with Gasteiger partial charge in [0.2, 0.25) is 14.6 Å². The molecular formula is C17H14O4S. The van der Waals surface area contributed by atoms with Gasteiger partial charge in [-0.25, -0.2) is 13.2 Å². The molecule has 0 N–H and O–H groups in total. The van der Waals surface area contributed by atoms with E-state index in [0.29, 0.717) is 11.1 Å². The zero-order chi connectivity index (χ0) is 15.8. The molecule has 0 saturated carbocycles. The first-order valence-electron chi connectivity index (χ1n) is 6.71. The molecule has 2 aromatic carbocycles. The number of carbonyl (C=O) groups is 1. The second-order valence-electron chi connectivity index (χ2n) is 4.97. The molecule has 5 heteroatoms. The van der Waals surface area contributed by atoms with E-state index in [1.54, 1.807) is 42.5 Å². The van der Waals surface area contributed by atoms with Gasteiger partial charge in [-0.15, -0.1) is 0 Å². The topological polar surface area (TPSA) is 60.4 Å². The summed E-state index contributed by atoms with van der Waals surface area (Å²) < 4.78 is 28.9. The van der Waals surface area contributed by atoms with Gasteiger partial charge in [0, 0.05) is 0 Å². The quantitative estimate of drug-likeness (QED) is 0.813. The van der Waals surface area contributed by atoms with E-state index in [1.807, 2.05) is 6.07 Å². The van der Waals surface area contributed by atoms with Crippen LogP contribution >= 0.6 is 0 Å². The van der Waals surface area contributed by atoms with Crippen molar-refractivity contribution >= 4 is 21.4 Å². The normalized spacial score (nSPS) is 20.1. The van der Waals surface area contributed by atoms with Crippen molar-refractivity contribution in [1.29, 1.82) is 0 Å². The Kier molecular flexibility index (Phi) is 3.37. The van der Waals surface area contributed by atoms with Crippen LogP contribution in [0.5, 0.6) is 0 Å². The lowest BCUT2D eigenvalue weighted by Gasteiger charge is -2.17. The van der Waals surface area contributed by atoms with Crippen LogP contribution in [0, 0.1) is 0 Å². The molecule has 0 spiro atoms. The highest BCUT2D eigenvalue weighted by molar-refractivity contribution is 7.94. The summed E-state index contributed by atoms with van der Waals surface area (Å²) >= 11 is 0. The molecule has 3 rings (SSSR count). The van der Waals surface area contributed by atoms with Crippen molar-refractivity contribution < 1.29 is 17.9 Å². The predicted octanol–water partition coefficient (Wildman–Crippen LogP) is 2.47. The number of ether oxygens (including phenoxy) is 1. The van der Waals surface area contributed by atoms with Gasteiger partial charge < -0.3 is 4.74 Å². The molecule has 2 aromatic rings. The average molecular weight is 314 g/mol. The molecule has 0 amide bonds. The van der Waals surface area contributed by atoms with E-state index >= 15 is 0 Å². The fourth-order valence-corrected chi connectivity index (χ4v) is 4.39. The van der Waals surface area contributed by atoms with Crippen LogP contribution in [0.2, 0.25) is 0 Å². The first-order valence-corrected chi connectivity index (χ1v) is 8.19. The van der Waals surface area contributed by atoms with E-state index in [0.717, 1.165) is 0 Å². The monoisotopic (exact) mass is 314 g/mol. The van der Waals surface area contributed by atoms with Gasteiger partial charge in [0.25, 0.3) is 0 Å². The van der Waals surface area contributed by atoms with Crippen LogP contribution in [-0.2, 0) is 19.4 Å². The van der Waals surface area contributed by atoms with Gasteiger partial charge in [0.05, 0.1) is 12.0 Å². The van der Waals surface area contributed by atoms with Crippen molar-refractivity contribution in [3.05, 3.63) is 72.3 Å². The Labute approximate surface area is 129 Å². The zero-order valence-corrected chi connectivity index (χ0v) is 12.7. The molecule has 1 aliphatic rings. The Morgan fingerprint density at radius 2 is 1.50 bits per heavy atom. The van der Waals surface area contributed by atoms with Gasteiger partial charge in [-0.05, 0) is 29.3 Å². The molecule has 4 nitrogen and oxygen atoms in total. The summed E-state index contributed by atoms with van der Waals surface area (Å²) in [5.74, 6) is -0.782. The molecule has 0 aromatic heterocycles. The minimum atomic E-state index is -3.90. The lowest BCUT2D eigenvalue weighted by Crippen LogP contribution is -2.37. The van der Waals surface area contributed by atoms with Crippen LogP contribution in [0.1, 0.15) is 5.56 Å². The third-order valence-electron chi connectivity index (χ3n) is 3.72. The number of hydrogen-bond acceptors (Lipinski definition) is 4. The van der Waals surface area contributed by atoms with E-state index in [-0.39, 0.29) is 4.90 Å². The van der Waals surface area contributed by atoms with Gasteiger partial charge >= 0.3 is 5.97 Å². The number of sulfone groups is 1. The summed E-state index contributed by atoms with van der Waals surface area (Å²) in [7, 11) is -2.71. The van der Waals surface area contributed by atoms with Gasteiger partial charge in [0.1, 0.15) is 0 Å². The minimum Gasteiger partial charge on any atom is -0.467 e. The molecule has 0 radical (unpaired) electrons. The third kappa shape index (κ3) is 1.97. The van der Waals surface area contributed by atoms with Crippen molar-refractivity contribution in [2.45, 2.75) is 9.64 Å².